The van der Waals surface area contributed by atoms with Gasteiger partial charge < -0.3 is 0 Å². The highest BCUT2D eigenvalue weighted by Gasteiger charge is 1.78. The van der Waals surface area contributed by atoms with Gasteiger partial charge in [-0.2, -0.15) is 0 Å². The first-order chi connectivity index (χ1) is 6.00. The third-order valence-electron chi connectivity index (χ3n) is 1.61. The molecule has 0 radical (unpaired) electrons. The predicted molar refractivity (Wildman–Crippen MR) is 53.9 cm³/mol. The van der Waals surface area contributed by atoms with Crippen molar-refractivity contribution in [1.29, 1.82) is 0 Å². The first-order valence-electron chi connectivity index (χ1n) is 4.39. The molecule has 0 atom stereocenters. The zero-order chi connectivity index (χ0) is 8.49. The smallest absolute Gasteiger partial charge is 0.0203 e. The van der Waals surface area contributed by atoms with Crippen LogP contribution >= 0.6 is 0 Å². The van der Waals surface area contributed by atoms with E-state index >= 15 is 0 Å². The molecule has 0 bridgehead atoms. The maximum Gasteiger partial charge on any atom is -0.0203 e. The first-order valence-corrected chi connectivity index (χ1v) is 4.39. The lowest BCUT2D eigenvalue weighted by molar-refractivity contribution is 0.869. The zero-order valence-electron chi connectivity index (χ0n) is 7.24. The summed E-state index contributed by atoms with van der Waals surface area (Å²) in [6.07, 6.45) is 19.9. The summed E-state index contributed by atoms with van der Waals surface area (Å²) in [5.41, 5.74) is 3.11. The van der Waals surface area contributed by atoms with Gasteiger partial charge in [-0.15, -0.1) is 5.73 Å². The molecule has 1 rings (SSSR count). The molecule has 0 saturated heterocycles. The Hall–Kier alpha value is -1.26. The third-order valence-corrected chi connectivity index (χ3v) is 1.61. The lowest BCUT2D eigenvalue weighted by atomic mass is 10.2. The number of hydrogen-bond acceptors (Lipinski definition) is 0. The van der Waals surface area contributed by atoms with E-state index in [2.05, 4.69) is 30.0 Å². The number of rotatable bonds is 0. The molecule has 0 saturated carbocycles. The molecule has 0 nitrogen and oxygen atoms in total. The summed E-state index contributed by atoms with van der Waals surface area (Å²) < 4.78 is 0. The molecule has 1 aliphatic carbocycles. The van der Waals surface area contributed by atoms with E-state index in [1.165, 1.54) is 6.42 Å². The second-order valence-corrected chi connectivity index (χ2v) is 2.67. The van der Waals surface area contributed by atoms with Crippen LogP contribution in [0.2, 0.25) is 0 Å². The Balaban J connectivity index is 2.56. The van der Waals surface area contributed by atoms with Gasteiger partial charge in [-0.25, -0.2) is 0 Å². The molecular weight excluding hydrogens is 144 g/mol. The molecule has 1 aliphatic rings. The molecule has 0 heterocycles. The highest BCUT2D eigenvalue weighted by Crippen LogP contribution is 1.98. The van der Waals surface area contributed by atoms with Crippen molar-refractivity contribution in [3.63, 3.8) is 0 Å². The fourth-order valence-electron chi connectivity index (χ4n) is 0.967. The van der Waals surface area contributed by atoms with Gasteiger partial charge >= 0.3 is 0 Å². The van der Waals surface area contributed by atoms with Gasteiger partial charge in [-0.1, -0.05) is 36.5 Å². The van der Waals surface area contributed by atoms with Crippen LogP contribution in [0.4, 0.5) is 0 Å². The molecule has 0 heteroatoms. The monoisotopic (exact) mass is 158 g/mol. The molecule has 0 N–H and O–H groups in total. The van der Waals surface area contributed by atoms with Gasteiger partial charge in [0, 0.05) is 0 Å². The van der Waals surface area contributed by atoms with Gasteiger partial charge in [0.25, 0.3) is 0 Å². The fraction of sp³-hybridized carbons (Fsp3) is 0.250. The quantitative estimate of drug-likeness (QED) is 0.473. The Kier molecular flexibility index (Phi) is 4.75. The van der Waals surface area contributed by atoms with E-state index in [9.17, 15) is 0 Å². The normalized spacial score (nSPS) is 25.3. The van der Waals surface area contributed by atoms with Gasteiger partial charge in [-0.3, -0.25) is 0 Å². The number of allylic oxidation sites excluding steroid dienone is 7. The SMILES string of the molecule is C1=C/C=C/C=C\C=C\CCCC=1. The van der Waals surface area contributed by atoms with Crippen molar-refractivity contribution in [3.8, 4) is 0 Å². The van der Waals surface area contributed by atoms with Crippen molar-refractivity contribution >= 4 is 0 Å². The van der Waals surface area contributed by atoms with E-state index in [0.29, 0.717) is 0 Å². The standard InChI is InChI=1S/C12H14/c1-2-4-6-8-10-12-11-9-7-5-3-1/h1-7,11H,8,10,12H2/b2-1-,5-3+,6-4+. The van der Waals surface area contributed by atoms with Crippen molar-refractivity contribution in [3.05, 3.63) is 54.3 Å². The van der Waals surface area contributed by atoms with Crippen LogP contribution in [-0.4, -0.2) is 0 Å². The Morgan fingerprint density at radius 2 is 1.67 bits per heavy atom. The topological polar surface area (TPSA) is 0 Å². The average Bonchev–Trinajstić information content (AvgIpc) is 2.05. The van der Waals surface area contributed by atoms with Crippen molar-refractivity contribution < 1.29 is 0 Å². The minimum atomic E-state index is 1.12. The van der Waals surface area contributed by atoms with E-state index in [1.807, 2.05) is 24.3 Å². The van der Waals surface area contributed by atoms with E-state index in [0.717, 1.165) is 12.8 Å². The summed E-state index contributed by atoms with van der Waals surface area (Å²) in [6.45, 7) is 0. The molecule has 0 aromatic rings. The summed E-state index contributed by atoms with van der Waals surface area (Å²) in [5.74, 6) is 0. The highest BCUT2D eigenvalue weighted by atomic mass is 13.8. The van der Waals surface area contributed by atoms with Crippen molar-refractivity contribution in [2.24, 2.45) is 0 Å². The van der Waals surface area contributed by atoms with Crippen LogP contribution < -0.4 is 0 Å². The molecule has 0 amide bonds. The maximum absolute atomic E-state index is 3.11. The van der Waals surface area contributed by atoms with Crippen molar-refractivity contribution in [2.45, 2.75) is 19.3 Å². The number of hydrogen-bond donors (Lipinski definition) is 0. The predicted octanol–water partition coefficient (Wildman–Crippen LogP) is 3.55. The molecule has 0 aliphatic heterocycles. The molecule has 12 heavy (non-hydrogen) atoms. The summed E-state index contributed by atoms with van der Waals surface area (Å²) in [6, 6.07) is 0. The molecule has 0 unspecified atom stereocenters. The fourth-order valence-corrected chi connectivity index (χ4v) is 0.967. The summed E-state index contributed by atoms with van der Waals surface area (Å²) in [7, 11) is 0. The largest absolute Gasteiger partial charge is 0.125 e. The highest BCUT2D eigenvalue weighted by molar-refractivity contribution is 5.15. The molecular formula is C12H14. The van der Waals surface area contributed by atoms with Crippen LogP contribution in [0.15, 0.2) is 54.3 Å². The van der Waals surface area contributed by atoms with Gasteiger partial charge in [0.1, 0.15) is 0 Å². The van der Waals surface area contributed by atoms with Gasteiger partial charge in [0.2, 0.25) is 0 Å². The lowest BCUT2D eigenvalue weighted by Gasteiger charge is -1.87. The Morgan fingerprint density at radius 3 is 2.67 bits per heavy atom. The first kappa shape index (κ1) is 8.83. The minimum Gasteiger partial charge on any atom is -0.125 e. The summed E-state index contributed by atoms with van der Waals surface area (Å²) in [4.78, 5) is 0. The van der Waals surface area contributed by atoms with E-state index in [4.69, 9.17) is 0 Å². The van der Waals surface area contributed by atoms with Gasteiger partial charge in [0.05, 0.1) is 0 Å². The van der Waals surface area contributed by atoms with Gasteiger partial charge in [-0.05, 0) is 31.4 Å². The molecule has 0 spiro atoms. The van der Waals surface area contributed by atoms with Gasteiger partial charge in [0.15, 0.2) is 0 Å². The van der Waals surface area contributed by atoms with Crippen LogP contribution in [0.25, 0.3) is 0 Å². The summed E-state index contributed by atoms with van der Waals surface area (Å²) in [5, 5.41) is 0. The van der Waals surface area contributed by atoms with Crippen LogP contribution in [0.1, 0.15) is 19.3 Å². The third kappa shape index (κ3) is 4.54. The van der Waals surface area contributed by atoms with Crippen molar-refractivity contribution in [1.82, 2.24) is 0 Å². The molecule has 0 aromatic carbocycles. The Bertz CT molecular complexity index is 245. The second kappa shape index (κ2) is 6.45. The van der Waals surface area contributed by atoms with E-state index in [1.54, 1.807) is 0 Å². The Morgan fingerprint density at radius 1 is 0.833 bits per heavy atom. The molecule has 0 fully saturated rings. The zero-order valence-corrected chi connectivity index (χ0v) is 7.24. The van der Waals surface area contributed by atoms with Crippen LogP contribution in [0.5, 0.6) is 0 Å². The molecule has 0 aromatic heterocycles. The Labute approximate surface area is 74.3 Å². The van der Waals surface area contributed by atoms with Crippen molar-refractivity contribution in [2.75, 3.05) is 0 Å². The summed E-state index contributed by atoms with van der Waals surface area (Å²) >= 11 is 0. The second-order valence-electron chi connectivity index (χ2n) is 2.67. The van der Waals surface area contributed by atoms with E-state index < -0.39 is 0 Å². The van der Waals surface area contributed by atoms with Crippen LogP contribution in [-0.2, 0) is 0 Å². The average molecular weight is 158 g/mol. The lowest BCUT2D eigenvalue weighted by Crippen LogP contribution is -1.67. The molecule has 62 valence electrons. The maximum atomic E-state index is 3.11. The van der Waals surface area contributed by atoms with Crippen LogP contribution in [0, 0.1) is 0 Å². The van der Waals surface area contributed by atoms with Crippen LogP contribution in [0.3, 0.4) is 0 Å². The minimum absolute atomic E-state index is 1.12. The van der Waals surface area contributed by atoms with E-state index in [-0.39, 0.29) is 0 Å².